The molecule has 128 valence electrons. The largest absolute Gasteiger partial charge is 0.407 e. The summed E-state index contributed by atoms with van der Waals surface area (Å²) in [5, 5.41) is 11.1. The third kappa shape index (κ3) is 4.67. The number of carbonyl (C=O) groups excluding carboxylic acids is 1. The molecular formula is C19H18ClN3O2. The van der Waals surface area contributed by atoms with Gasteiger partial charge in [0.15, 0.2) is 0 Å². The highest BCUT2D eigenvalue weighted by molar-refractivity contribution is 6.30. The van der Waals surface area contributed by atoms with Crippen LogP contribution >= 0.6 is 11.6 Å². The van der Waals surface area contributed by atoms with Crippen molar-refractivity contribution in [2.45, 2.75) is 26.7 Å². The van der Waals surface area contributed by atoms with Crippen molar-refractivity contribution in [1.29, 1.82) is 0 Å². The Balaban J connectivity index is 1.60. The van der Waals surface area contributed by atoms with Crippen LogP contribution in [0.1, 0.15) is 28.1 Å². The number of carbonyl (C=O) groups is 1. The summed E-state index contributed by atoms with van der Waals surface area (Å²) in [6, 6.07) is 13.4. The van der Waals surface area contributed by atoms with Crippen molar-refractivity contribution in [3.8, 4) is 0 Å². The van der Waals surface area contributed by atoms with Gasteiger partial charge in [0.05, 0.1) is 12.8 Å². The van der Waals surface area contributed by atoms with E-state index in [4.69, 9.17) is 16.0 Å². The first-order valence-electron chi connectivity index (χ1n) is 7.92. The van der Waals surface area contributed by atoms with Gasteiger partial charge in [-0.2, -0.15) is 0 Å². The van der Waals surface area contributed by atoms with E-state index in [0.29, 0.717) is 17.3 Å². The number of halogens is 1. The third-order valence-electron chi connectivity index (χ3n) is 3.92. The average Bonchev–Trinajstić information content (AvgIpc) is 3.00. The Labute approximate surface area is 151 Å². The number of aromatic nitrogens is 2. The van der Waals surface area contributed by atoms with E-state index in [1.54, 1.807) is 24.3 Å². The van der Waals surface area contributed by atoms with Gasteiger partial charge in [0, 0.05) is 5.02 Å². The fourth-order valence-corrected chi connectivity index (χ4v) is 2.54. The van der Waals surface area contributed by atoms with Gasteiger partial charge in [0.1, 0.15) is 0 Å². The maximum atomic E-state index is 12.0. The Morgan fingerprint density at radius 3 is 2.48 bits per heavy atom. The number of anilines is 1. The second-order valence-corrected chi connectivity index (χ2v) is 6.38. The van der Waals surface area contributed by atoms with E-state index < -0.39 is 0 Å². The summed E-state index contributed by atoms with van der Waals surface area (Å²) >= 11 is 5.83. The van der Waals surface area contributed by atoms with Crippen molar-refractivity contribution in [2.24, 2.45) is 0 Å². The van der Waals surface area contributed by atoms with Gasteiger partial charge in [-0.15, -0.1) is 5.10 Å². The molecule has 0 unspecified atom stereocenters. The fraction of sp³-hybridized carbons (Fsp3) is 0.211. The van der Waals surface area contributed by atoms with Gasteiger partial charge in [0.25, 0.3) is 0 Å². The number of aryl methyl sites for hydroxylation is 2. The Hall–Kier alpha value is -2.66. The van der Waals surface area contributed by atoms with Crippen molar-refractivity contribution in [1.82, 2.24) is 10.2 Å². The monoisotopic (exact) mass is 355 g/mol. The summed E-state index contributed by atoms with van der Waals surface area (Å²) in [6.45, 7) is 4.13. The standard InChI is InChI=1S/C19H18ClN3O2/c1-12-3-4-15(9-13(12)2)11-18-22-23-19(25-18)21-17(24)10-14-5-7-16(20)8-6-14/h3-9H,10-11H2,1-2H3,(H,21,23,24). The van der Waals surface area contributed by atoms with Crippen LogP contribution in [0.25, 0.3) is 0 Å². The summed E-state index contributed by atoms with van der Waals surface area (Å²) in [5.41, 5.74) is 4.40. The molecule has 5 nitrogen and oxygen atoms in total. The van der Waals surface area contributed by atoms with E-state index in [-0.39, 0.29) is 18.3 Å². The molecule has 0 fully saturated rings. The zero-order chi connectivity index (χ0) is 17.8. The van der Waals surface area contributed by atoms with Gasteiger partial charge in [-0.05, 0) is 48.2 Å². The molecule has 0 bridgehead atoms. The summed E-state index contributed by atoms with van der Waals surface area (Å²) in [5.74, 6) is 0.244. The highest BCUT2D eigenvalue weighted by atomic mass is 35.5. The lowest BCUT2D eigenvalue weighted by atomic mass is 10.0. The van der Waals surface area contributed by atoms with Crippen molar-refractivity contribution >= 4 is 23.5 Å². The molecular weight excluding hydrogens is 338 g/mol. The van der Waals surface area contributed by atoms with E-state index >= 15 is 0 Å². The number of nitrogens with zero attached hydrogens (tertiary/aromatic N) is 2. The molecule has 3 aromatic rings. The van der Waals surface area contributed by atoms with E-state index in [2.05, 4.69) is 41.5 Å². The van der Waals surface area contributed by atoms with Crippen LogP contribution in [-0.2, 0) is 17.6 Å². The van der Waals surface area contributed by atoms with Gasteiger partial charge < -0.3 is 4.42 Å². The van der Waals surface area contributed by atoms with Crippen LogP contribution < -0.4 is 5.32 Å². The van der Waals surface area contributed by atoms with Crippen molar-refractivity contribution < 1.29 is 9.21 Å². The predicted octanol–water partition coefficient (Wildman–Crippen LogP) is 4.11. The SMILES string of the molecule is Cc1ccc(Cc2nnc(NC(=O)Cc3ccc(Cl)cc3)o2)cc1C. The van der Waals surface area contributed by atoms with Gasteiger partial charge in [-0.1, -0.05) is 47.0 Å². The number of nitrogens with one attached hydrogen (secondary N) is 1. The lowest BCUT2D eigenvalue weighted by molar-refractivity contribution is -0.115. The minimum absolute atomic E-state index is 0.109. The van der Waals surface area contributed by atoms with Gasteiger partial charge in [-0.25, -0.2) is 0 Å². The molecule has 0 aliphatic heterocycles. The van der Waals surface area contributed by atoms with E-state index in [1.165, 1.54) is 11.1 Å². The van der Waals surface area contributed by atoms with Crippen molar-refractivity contribution in [3.05, 3.63) is 75.6 Å². The molecule has 0 spiro atoms. The molecule has 0 aliphatic rings. The Morgan fingerprint density at radius 1 is 1.04 bits per heavy atom. The summed E-state index contributed by atoms with van der Waals surface area (Å²) in [4.78, 5) is 12.0. The Bertz CT molecular complexity index is 888. The molecule has 0 radical (unpaired) electrons. The molecule has 0 saturated heterocycles. The molecule has 0 aliphatic carbocycles. The first-order chi connectivity index (χ1) is 12.0. The Morgan fingerprint density at radius 2 is 1.76 bits per heavy atom. The highest BCUT2D eigenvalue weighted by Gasteiger charge is 2.11. The third-order valence-corrected chi connectivity index (χ3v) is 4.17. The van der Waals surface area contributed by atoms with E-state index in [9.17, 15) is 4.79 Å². The van der Waals surface area contributed by atoms with E-state index in [0.717, 1.165) is 11.1 Å². The molecule has 3 rings (SSSR count). The minimum atomic E-state index is -0.219. The fourth-order valence-electron chi connectivity index (χ4n) is 2.41. The van der Waals surface area contributed by atoms with Crippen LogP contribution in [0.5, 0.6) is 0 Å². The maximum Gasteiger partial charge on any atom is 0.322 e. The molecule has 2 aromatic carbocycles. The lowest BCUT2D eigenvalue weighted by Crippen LogP contribution is -2.14. The summed E-state index contributed by atoms with van der Waals surface area (Å²) in [7, 11) is 0. The molecule has 6 heteroatoms. The zero-order valence-electron chi connectivity index (χ0n) is 14.0. The normalized spacial score (nSPS) is 10.7. The molecule has 1 aromatic heterocycles. The molecule has 0 atom stereocenters. The quantitative estimate of drug-likeness (QED) is 0.747. The van der Waals surface area contributed by atoms with E-state index in [1.807, 2.05) is 6.07 Å². The molecule has 25 heavy (non-hydrogen) atoms. The molecule has 1 amide bonds. The first kappa shape index (κ1) is 17.2. The highest BCUT2D eigenvalue weighted by Crippen LogP contribution is 2.15. The van der Waals surface area contributed by atoms with Crippen molar-refractivity contribution in [3.63, 3.8) is 0 Å². The maximum absolute atomic E-state index is 12.0. The second-order valence-electron chi connectivity index (χ2n) is 5.95. The van der Waals surface area contributed by atoms with Gasteiger partial charge in [0.2, 0.25) is 11.8 Å². The second kappa shape index (κ2) is 7.49. The number of rotatable bonds is 5. The summed E-state index contributed by atoms with van der Waals surface area (Å²) in [6.07, 6.45) is 0.743. The zero-order valence-corrected chi connectivity index (χ0v) is 14.8. The lowest BCUT2D eigenvalue weighted by Gasteiger charge is -2.03. The Kier molecular flexibility index (Phi) is 5.14. The molecule has 1 heterocycles. The van der Waals surface area contributed by atoms with Crippen LogP contribution in [0.2, 0.25) is 5.02 Å². The number of hydrogen-bond donors (Lipinski definition) is 1. The van der Waals surface area contributed by atoms with Crippen molar-refractivity contribution in [2.75, 3.05) is 5.32 Å². The van der Waals surface area contributed by atoms with Gasteiger partial charge in [-0.3, -0.25) is 10.1 Å². The number of amides is 1. The first-order valence-corrected chi connectivity index (χ1v) is 8.30. The van der Waals surface area contributed by atoms with Crippen LogP contribution in [0.3, 0.4) is 0 Å². The van der Waals surface area contributed by atoms with Crippen LogP contribution in [0.15, 0.2) is 46.9 Å². The topological polar surface area (TPSA) is 68.0 Å². The predicted molar refractivity (Wildman–Crippen MR) is 96.8 cm³/mol. The molecule has 0 saturated carbocycles. The number of benzene rings is 2. The smallest absolute Gasteiger partial charge is 0.322 e. The van der Waals surface area contributed by atoms with Crippen LogP contribution in [0.4, 0.5) is 6.01 Å². The van der Waals surface area contributed by atoms with Crippen LogP contribution in [-0.4, -0.2) is 16.1 Å². The minimum Gasteiger partial charge on any atom is -0.407 e. The van der Waals surface area contributed by atoms with Crippen LogP contribution in [0, 0.1) is 13.8 Å². The summed E-state index contributed by atoms with van der Waals surface area (Å²) < 4.78 is 5.51. The van der Waals surface area contributed by atoms with Gasteiger partial charge >= 0.3 is 6.01 Å². The number of hydrogen-bond acceptors (Lipinski definition) is 4. The average molecular weight is 356 g/mol. The molecule has 1 N–H and O–H groups in total.